The van der Waals surface area contributed by atoms with Crippen LogP contribution in [0.1, 0.15) is 21.5 Å². The fourth-order valence-corrected chi connectivity index (χ4v) is 2.79. The summed E-state index contributed by atoms with van der Waals surface area (Å²) in [6.45, 7) is 4.20. The molecule has 0 bridgehead atoms. The van der Waals surface area contributed by atoms with Gasteiger partial charge in [0, 0.05) is 50.7 Å². The lowest BCUT2D eigenvalue weighted by molar-refractivity contribution is 0.0628. The van der Waals surface area contributed by atoms with Crippen molar-refractivity contribution in [2.45, 2.75) is 13.2 Å². The Labute approximate surface area is 136 Å². The number of benzene rings is 1. The van der Waals surface area contributed by atoms with E-state index in [4.69, 9.17) is 5.11 Å². The average Bonchev–Trinajstić information content (AvgIpc) is 2.63. The summed E-state index contributed by atoms with van der Waals surface area (Å²) in [6, 6.07) is 11.5. The van der Waals surface area contributed by atoms with Crippen LogP contribution in [0, 0.1) is 0 Å². The Bertz CT molecular complexity index is 635. The maximum Gasteiger partial charge on any atom is 0.254 e. The van der Waals surface area contributed by atoms with Gasteiger partial charge < -0.3 is 10.0 Å². The molecule has 0 spiro atoms. The Morgan fingerprint density at radius 2 is 1.57 bits per heavy atom. The predicted molar refractivity (Wildman–Crippen MR) is 87.8 cm³/mol. The van der Waals surface area contributed by atoms with Crippen LogP contribution < -0.4 is 0 Å². The minimum atomic E-state index is 0.0794. The first-order chi connectivity index (χ1) is 11.3. The van der Waals surface area contributed by atoms with Crippen LogP contribution in [0.25, 0.3) is 0 Å². The molecule has 5 heteroatoms. The Morgan fingerprint density at radius 1 is 0.957 bits per heavy atom. The molecule has 120 valence electrons. The van der Waals surface area contributed by atoms with Gasteiger partial charge in [-0.3, -0.25) is 14.7 Å². The topological polar surface area (TPSA) is 56.7 Å². The molecule has 0 aliphatic carbocycles. The van der Waals surface area contributed by atoms with E-state index in [1.54, 1.807) is 24.5 Å². The first-order valence-corrected chi connectivity index (χ1v) is 7.86. The molecular weight excluding hydrogens is 290 g/mol. The highest BCUT2D eigenvalue weighted by Crippen LogP contribution is 2.12. The highest BCUT2D eigenvalue weighted by Gasteiger charge is 2.21. The summed E-state index contributed by atoms with van der Waals surface area (Å²) in [4.78, 5) is 20.6. The van der Waals surface area contributed by atoms with E-state index in [1.165, 1.54) is 5.56 Å². The number of piperazine rings is 1. The van der Waals surface area contributed by atoms with Gasteiger partial charge in [-0.15, -0.1) is 0 Å². The summed E-state index contributed by atoms with van der Waals surface area (Å²) in [5.74, 6) is 0.0827. The van der Waals surface area contributed by atoms with Gasteiger partial charge in [0.1, 0.15) is 0 Å². The van der Waals surface area contributed by atoms with Gasteiger partial charge in [0.2, 0.25) is 0 Å². The van der Waals surface area contributed by atoms with Crippen molar-refractivity contribution in [1.29, 1.82) is 0 Å². The Kier molecular flexibility index (Phi) is 5.00. The maximum absolute atomic E-state index is 12.4. The van der Waals surface area contributed by atoms with Gasteiger partial charge in [-0.2, -0.15) is 0 Å². The molecule has 2 heterocycles. The van der Waals surface area contributed by atoms with Crippen molar-refractivity contribution in [3.8, 4) is 0 Å². The molecule has 5 nitrogen and oxygen atoms in total. The van der Waals surface area contributed by atoms with Crippen LogP contribution >= 0.6 is 0 Å². The monoisotopic (exact) mass is 311 g/mol. The number of rotatable bonds is 4. The van der Waals surface area contributed by atoms with E-state index in [0.717, 1.165) is 38.3 Å². The number of amides is 1. The molecule has 2 aromatic rings. The smallest absolute Gasteiger partial charge is 0.254 e. The lowest BCUT2D eigenvalue weighted by Crippen LogP contribution is -2.48. The van der Waals surface area contributed by atoms with Crippen LogP contribution in [0.3, 0.4) is 0 Å². The van der Waals surface area contributed by atoms with E-state index in [2.05, 4.69) is 22.0 Å². The fraction of sp³-hybridized carbons (Fsp3) is 0.333. The number of pyridine rings is 1. The first-order valence-electron chi connectivity index (χ1n) is 7.86. The second-order valence-electron chi connectivity index (χ2n) is 5.78. The van der Waals surface area contributed by atoms with Gasteiger partial charge in [-0.25, -0.2) is 0 Å². The Balaban J connectivity index is 1.53. The van der Waals surface area contributed by atoms with E-state index in [9.17, 15) is 4.79 Å². The van der Waals surface area contributed by atoms with Crippen molar-refractivity contribution in [3.63, 3.8) is 0 Å². The summed E-state index contributed by atoms with van der Waals surface area (Å²) in [5, 5.41) is 9.07. The summed E-state index contributed by atoms with van der Waals surface area (Å²) in [5.41, 5.74) is 2.87. The van der Waals surface area contributed by atoms with Crippen LogP contribution in [0.15, 0.2) is 48.8 Å². The number of carbonyl (C=O) groups is 1. The van der Waals surface area contributed by atoms with Crippen LogP contribution in [0.2, 0.25) is 0 Å². The predicted octanol–water partition coefficient (Wildman–Crippen LogP) is 1.53. The molecule has 1 aromatic carbocycles. The van der Waals surface area contributed by atoms with E-state index in [0.29, 0.717) is 5.56 Å². The van der Waals surface area contributed by atoms with Crippen molar-refractivity contribution >= 4 is 5.91 Å². The number of aromatic nitrogens is 1. The van der Waals surface area contributed by atoms with Crippen molar-refractivity contribution < 1.29 is 9.90 Å². The van der Waals surface area contributed by atoms with Crippen LogP contribution in [0.5, 0.6) is 0 Å². The molecular formula is C18H21N3O2. The van der Waals surface area contributed by atoms with Crippen LogP contribution in [-0.4, -0.2) is 52.0 Å². The van der Waals surface area contributed by atoms with E-state index < -0.39 is 0 Å². The van der Waals surface area contributed by atoms with E-state index in [-0.39, 0.29) is 12.5 Å². The highest BCUT2D eigenvalue weighted by atomic mass is 16.3. The van der Waals surface area contributed by atoms with Crippen molar-refractivity contribution in [3.05, 3.63) is 65.5 Å². The Morgan fingerprint density at radius 3 is 2.17 bits per heavy atom. The third-order valence-electron chi connectivity index (χ3n) is 4.20. The zero-order chi connectivity index (χ0) is 16.1. The molecule has 1 aromatic heterocycles. The molecule has 1 saturated heterocycles. The molecule has 1 aliphatic rings. The zero-order valence-corrected chi connectivity index (χ0v) is 13.1. The third kappa shape index (κ3) is 3.94. The number of nitrogens with zero attached hydrogens (tertiary/aromatic N) is 3. The fourth-order valence-electron chi connectivity index (χ4n) is 2.79. The van der Waals surface area contributed by atoms with Crippen LogP contribution in [0.4, 0.5) is 0 Å². The maximum atomic E-state index is 12.4. The minimum Gasteiger partial charge on any atom is -0.392 e. The molecule has 23 heavy (non-hydrogen) atoms. The molecule has 0 atom stereocenters. The molecule has 1 fully saturated rings. The number of aliphatic hydroxyl groups excluding tert-OH is 1. The van der Waals surface area contributed by atoms with Gasteiger partial charge >= 0.3 is 0 Å². The van der Waals surface area contributed by atoms with E-state index in [1.807, 2.05) is 17.0 Å². The number of aliphatic hydroxyl groups is 1. The zero-order valence-electron chi connectivity index (χ0n) is 13.1. The molecule has 1 aliphatic heterocycles. The quantitative estimate of drug-likeness (QED) is 0.930. The number of hydrogen-bond donors (Lipinski definition) is 1. The summed E-state index contributed by atoms with van der Waals surface area (Å²) < 4.78 is 0. The standard InChI is InChI=1S/C18H21N3O2/c22-14-16-3-1-15(2-4-16)13-20-9-11-21(12-10-20)18(23)17-5-7-19-8-6-17/h1-8,22H,9-14H2. The van der Waals surface area contributed by atoms with Crippen molar-refractivity contribution in [1.82, 2.24) is 14.8 Å². The molecule has 0 saturated carbocycles. The normalized spacial score (nSPS) is 15.6. The molecule has 0 radical (unpaired) electrons. The summed E-state index contributed by atoms with van der Waals surface area (Å²) in [6.07, 6.45) is 3.30. The molecule has 1 amide bonds. The van der Waals surface area contributed by atoms with Crippen molar-refractivity contribution in [2.75, 3.05) is 26.2 Å². The largest absolute Gasteiger partial charge is 0.392 e. The number of carbonyl (C=O) groups excluding carboxylic acids is 1. The summed E-state index contributed by atoms with van der Waals surface area (Å²) >= 11 is 0. The highest BCUT2D eigenvalue weighted by molar-refractivity contribution is 5.94. The van der Waals surface area contributed by atoms with Crippen molar-refractivity contribution in [2.24, 2.45) is 0 Å². The first kappa shape index (κ1) is 15.6. The number of hydrogen-bond acceptors (Lipinski definition) is 4. The van der Waals surface area contributed by atoms with Gasteiger partial charge in [0.25, 0.3) is 5.91 Å². The second-order valence-corrected chi connectivity index (χ2v) is 5.78. The van der Waals surface area contributed by atoms with Crippen LogP contribution in [-0.2, 0) is 13.2 Å². The lowest BCUT2D eigenvalue weighted by atomic mass is 10.1. The Hall–Kier alpha value is -2.24. The minimum absolute atomic E-state index is 0.0794. The molecule has 3 rings (SSSR count). The SMILES string of the molecule is O=C(c1ccncc1)N1CCN(Cc2ccc(CO)cc2)CC1. The summed E-state index contributed by atoms with van der Waals surface area (Å²) in [7, 11) is 0. The second kappa shape index (κ2) is 7.35. The van der Waals surface area contributed by atoms with Gasteiger partial charge in [0.15, 0.2) is 0 Å². The molecule has 1 N–H and O–H groups in total. The lowest BCUT2D eigenvalue weighted by Gasteiger charge is -2.34. The van der Waals surface area contributed by atoms with Gasteiger partial charge in [-0.05, 0) is 23.3 Å². The van der Waals surface area contributed by atoms with Gasteiger partial charge in [0.05, 0.1) is 6.61 Å². The van der Waals surface area contributed by atoms with E-state index >= 15 is 0 Å². The molecule has 0 unspecified atom stereocenters. The average molecular weight is 311 g/mol. The third-order valence-corrected chi connectivity index (χ3v) is 4.20. The van der Waals surface area contributed by atoms with Gasteiger partial charge in [-0.1, -0.05) is 24.3 Å².